The normalized spacial score (nSPS) is 16.6. The van der Waals surface area contributed by atoms with Gasteiger partial charge >= 0.3 is 11.9 Å². The first kappa shape index (κ1) is 32.6. The third-order valence-electron chi connectivity index (χ3n) is 7.70. The van der Waals surface area contributed by atoms with Gasteiger partial charge in [0, 0.05) is 23.6 Å². The summed E-state index contributed by atoms with van der Waals surface area (Å²) < 4.78 is 10.6. The molecule has 0 saturated heterocycles. The number of nitrogens with two attached hydrogens (primary N) is 1. The maximum atomic E-state index is 13.5. The summed E-state index contributed by atoms with van der Waals surface area (Å²) in [5.41, 5.74) is 6.55. The summed E-state index contributed by atoms with van der Waals surface area (Å²) in [6.45, 7) is -0.578. The molecule has 2 amide bonds. The SMILES string of the molecule is COC(=O)C1CCC(NC(=O)c2cc(-c3ccc(C(=N)N)cc3)nn(CC(=O)NC(Cc3ccccc3)C(=O)OC)c2=O)CC1. The Hall–Kier alpha value is -5.33. The molecule has 4 rings (SSSR count). The van der Waals surface area contributed by atoms with Gasteiger partial charge in [-0.2, -0.15) is 5.10 Å². The van der Waals surface area contributed by atoms with Crippen LogP contribution in [0.25, 0.3) is 11.3 Å². The van der Waals surface area contributed by atoms with Crippen LogP contribution in [0.5, 0.6) is 0 Å². The predicted molar refractivity (Wildman–Crippen MR) is 164 cm³/mol. The van der Waals surface area contributed by atoms with E-state index in [1.807, 2.05) is 18.2 Å². The highest BCUT2D eigenvalue weighted by molar-refractivity contribution is 5.96. The number of hydrogen-bond acceptors (Lipinski definition) is 9. The lowest BCUT2D eigenvalue weighted by atomic mass is 9.86. The topological polar surface area (TPSA) is 196 Å². The summed E-state index contributed by atoms with van der Waals surface area (Å²) in [6.07, 6.45) is 2.30. The fourth-order valence-electron chi connectivity index (χ4n) is 5.24. The zero-order valence-corrected chi connectivity index (χ0v) is 25.1. The Morgan fingerprint density at radius 3 is 2.27 bits per heavy atom. The predicted octanol–water partition coefficient (Wildman–Crippen LogP) is 1.56. The van der Waals surface area contributed by atoms with Gasteiger partial charge < -0.3 is 25.8 Å². The molecule has 1 atom stereocenters. The highest BCUT2D eigenvalue weighted by Crippen LogP contribution is 2.25. The molecule has 1 saturated carbocycles. The Balaban J connectivity index is 1.60. The summed E-state index contributed by atoms with van der Waals surface area (Å²) in [5.74, 6) is -2.64. The minimum absolute atomic E-state index is 0.131. The number of amidine groups is 1. The number of esters is 2. The highest BCUT2D eigenvalue weighted by Gasteiger charge is 2.29. The van der Waals surface area contributed by atoms with Crippen molar-refractivity contribution in [2.24, 2.45) is 11.7 Å². The first-order chi connectivity index (χ1) is 21.6. The molecule has 5 N–H and O–H groups in total. The summed E-state index contributed by atoms with van der Waals surface area (Å²) >= 11 is 0. The number of carbonyl (C=O) groups excluding carboxylic acids is 4. The molecule has 0 radical (unpaired) electrons. The van der Waals surface area contributed by atoms with E-state index in [0.29, 0.717) is 36.8 Å². The van der Waals surface area contributed by atoms with Gasteiger partial charge in [-0.15, -0.1) is 0 Å². The molecular formula is C32H36N6O7. The van der Waals surface area contributed by atoms with Crippen LogP contribution >= 0.6 is 0 Å². The Morgan fingerprint density at radius 1 is 1.00 bits per heavy atom. The lowest BCUT2D eigenvalue weighted by Crippen LogP contribution is -2.46. The molecule has 13 heteroatoms. The third kappa shape index (κ3) is 8.40. The van der Waals surface area contributed by atoms with Crippen molar-refractivity contribution in [1.29, 1.82) is 5.41 Å². The first-order valence-corrected chi connectivity index (χ1v) is 14.5. The molecule has 0 spiro atoms. The monoisotopic (exact) mass is 616 g/mol. The molecule has 0 aliphatic heterocycles. The number of methoxy groups -OCH3 is 2. The summed E-state index contributed by atoms with van der Waals surface area (Å²) in [7, 11) is 2.56. The van der Waals surface area contributed by atoms with Crippen molar-refractivity contribution in [1.82, 2.24) is 20.4 Å². The molecule has 236 valence electrons. The number of amides is 2. The van der Waals surface area contributed by atoms with E-state index in [4.69, 9.17) is 20.6 Å². The number of hydrogen-bond donors (Lipinski definition) is 4. The maximum absolute atomic E-state index is 13.5. The van der Waals surface area contributed by atoms with Gasteiger partial charge in [0.1, 0.15) is 24.0 Å². The second-order valence-corrected chi connectivity index (χ2v) is 10.8. The number of nitrogen functional groups attached to an aromatic ring is 1. The van der Waals surface area contributed by atoms with Crippen molar-refractivity contribution >= 4 is 29.6 Å². The number of nitrogens with zero attached hydrogens (tertiary/aromatic N) is 2. The first-order valence-electron chi connectivity index (χ1n) is 14.5. The Kier molecular flexibility index (Phi) is 10.8. The lowest BCUT2D eigenvalue weighted by molar-refractivity contribution is -0.146. The van der Waals surface area contributed by atoms with Crippen LogP contribution in [0.2, 0.25) is 0 Å². The quantitative estimate of drug-likeness (QED) is 0.140. The smallest absolute Gasteiger partial charge is 0.328 e. The van der Waals surface area contributed by atoms with Gasteiger partial charge in [0.2, 0.25) is 5.91 Å². The molecule has 1 heterocycles. The largest absolute Gasteiger partial charge is 0.469 e. The van der Waals surface area contributed by atoms with E-state index < -0.39 is 35.9 Å². The van der Waals surface area contributed by atoms with Crippen LogP contribution < -0.4 is 21.9 Å². The van der Waals surface area contributed by atoms with Crippen LogP contribution in [0.1, 0.15) is 47.2 Å². The van der Waals surface area contributed by atoms with E-state index in [-0.39, 0.29) is 41.4 Å². The Labute approximate surface area is 259 Å². The van der Waals surface area contributed by atoms with Crippen molar-refractivity contribution in [2.45, 2.75) is 50.7 Å². The minimum Gasteiger partial charge on any atom is -0.469 e. The minimum atomic E-state index is -1.02. The van der Waals surface area contributed by atoms with Gasteiger partial charge in [-0.05, 0) is 37.3 Å². The molecule has 0 bridgehead atoms. The molecule has 13 nitrogen and oxygen atoms in total. The fourth-order valence-corrected chi connectivity index (χ4v) is 5.24. The van der Waals surface area contributed by atoms with E-state index in [1.54, 1.807) is 36.4 Å². The number of benzene rings is 2. The van der Waals surface area contributed by atoms with Crippen LogP contribution in [0.4, 0.5) is 0 Å². The standard InChI is InChI=1S/C32H36N6O7/c1-44-31(42)22-12-14-23(15-13-22)35-29(40)24-17-25(20-8-10-21(11-9-20)28(33)34)37-38(30(24)41)18-27(39)36-26(32(43)45-2)16-19-6-4-3-5-7-19/h3-11,17,22-23,26H,12-16,18H2,1-2H3,(H3,33,34)(H,35,40)(H,36,39). The lowest BCUT2D eigenvalue weighted by Gasteiger charge is -2.27. The Morgan fingerprint density at radius 2 is 1.67 bits per heavy atom. The van der Waals surface area contributed by atoms with E-state index in [9.17, 15) is 24.0 Å². The van der Waals surface area contributed by atoms with Crippen molar-refractivity contribution in [3.05, 3.63) is 87.7 Å². The third-order valence-corrected chi connectivity index (χ3v) is 7.70. The van der Waals surface area contributed by atoms with Crippen molar-refractivity contribution < 1.29 is 28.7 Å². The second kappa shape index (κ2) is 14.9. The number of carbonyl (C=O) groups is 4. The van der Waals surface area contributed by atoms with Crippen molar-refractivity contribution in [3.8, 4) is 11.3 Å². The molecule has 1 aliphatic rings. The summed E-state index contributed by atoms with van der Waals surface area (Å²) in [5, 5.41) is 17.5. The van der Waals surface area contributed by atoms with Gasteiger partial charge in [0.05, 0.1) is 25.8 Å². The molecule has 1 fully saturated rings. The fraction of sp³-hybridized carbons (Fsp3) is 0.344. The second-order valence-electron chi connectivity index (χ2n) is 10.8. The average molecular weight is 617 g/mol. The van der Waals surface area contributed by atoms with E-state index in [2.05, 4.69) is 15.7 Å². The van der Waals surface area contributed by atoms with Crippen LogP contribution in [-0.4, -0.2) is 65.7 Å². The molecule has 1 unspecified atom stereocenters. The zero-order chi connectivity index (χ0) is 32.5. The number of ether oxygens (including phenoxy) is 2. The van der Waals surface area contributed by atoms with Crippen LogP contribution in [0.15, 0.2) is 65.5 Å². The van der Waals surface area contributed by atoms with E-state index in [1.165, 1.54) is 20.3 Å². The van der Waals surface area contributed by atoms with Crippen molar-refractivity contribution in [3.63, 3.8) is 0 Å². The molecule has 1 aliphatic carbocycles. The molecular weight excluding hydrogens is 580 g/mol. The highest BCUT2D eigenvalue weighted by atomic mass is 16.5. The zero-order valence-electron chi connectivity index (χ0n) is 25.1. The van der Waals surface area contributed by atoms with Gasteiger partial charge in [-0.1, -0.05) is 54.6 Å². The van der Waals surface area contributed by atoms with E-state index in [0.717, 1.165) is 10.2 Å². The van der Waals surface area contributed by atoms with Gasteiger partial charge in [-0.3, -0.25) is 24.6 Å². The van der Waals surface area contributed by atoms with Gasteiger partial charge in [0.25, 0.3) is 11.5 Å². The molecule has 2 aromatic carbocycles. The number of rotatable bonds is 11. The molecule has 3 aromatic rings. The Bertz CT molecular complexity index is 1610. The van der Waals surface area contributed by atoms with Crippen molar-refractivity contribution in [2.75, 3.05) is 14.2 Å². The van der Waals surface area contributed by atoms with Crippen LogP contribution in [-0.2, 0) is 36.8 Å². The maximum Gasteiger partial charge on any atom is 0.328 e. The molecule has 45 heavy (non-hydrogen) atoms. The number of nitrogens with one attached hydrogen (secondary N) is 3. The van der Waals surface area contributed by atoms with Crippen LogP contribution in [0.3, 0.4) is 0 Å². The van der Waals surface area contributed by atoms with Gasteiger partial charge in [0.15, 0.2) is 0 Å². The molecule has 1 aromatic heterocycles. The number of aromatic nitrogens is 2. The van der Waals surface area contributed by atoms with Gasteiger partial charge in [-0.25, -0.2) is 9.48 Å². The van der Waals surface area contributed by atoms with E-state index >= 15 is 0 Å². The van der Waals surface area contributed by atoms with Crippen LogP contribution in [0, 0.1) is 11.3 Å². The summed E-state index contributed by atoms with van der Waals surface area (Å²) in [6, 6.07) is 15.6. The summed E-state index contributed by atoms with van der Waals surface area (Å²) in [4.78, 5) is 64.5. The average Bonchev–Trinajstić information content (AvgIpc) is 3.05.